The van der Waals surface area contributed by atoms with Crippen molar-refractivity contribution in [2.75, 3.05) is 26.9 Å². The van der Waals surface area contributed by atoms with Gasteiger partial charge in [0.05, 0.1) is 18.8 Å². The van der Waals surface area contributed by atoms with Gasteiger partial charge in [-0.25, -0.2) is 4.79 Å². The molecule has 1 saturated carbocycles. The molecular weight excluding hydrogens is 282 g/mol. The lowest BCUT2D eigenvalue weighted by molar-refractivity contribution is -0.0388. The fraction of sp³-hybridized carbons (Fsp3) is 0.625. The van der Waals surface area contributed by atoms with Gasteiger partial charge in [-0.05, 0) is 30.4 Å². The highest BCUT2D eigenvalue weighted by Crippen LogP contribution is 2.34. The molecule has 0 radical (unpaired) electrons. The van der Waals surface area contributed by atoms with Gasteiger partial charge in [0.1, 0.15) is 0 Å². The number of aromatic nitrogens is 1. The van der Waals surface area contributed by atoms with Gasteiger partial charge in [0, 0.05) is 39.2 Å². The Labute approximate surface area is 130 Å². The molecule has 0 unspecified atom stereocenters. The third-order valence-corrected chi connectivity index (χ3v) is 4.46. The van der Waals surface area contributed by atoms with Gasteiger partial charge < -0.3 is 19.7 Å². The first-order valence-corrected chi connectivity index (χ1v) is 7.82. The van der Waals surface area contributed by atoms with Crippen LogP contribution < -0.4 is 5.32 Å². The lowest BCUT2D eigenvalue weighted by Crippen LogP contribution is -2.54. The number of fused-ring (bicyclic) bond motifs is 1. The van der Waals surface area contributed by atoms with Crippen molar-refractivity contribution in [2.45, 2.75) is 31.5 Å². The Balaban J connectivity index is 1.57. The number of morpholine rings is 1. The van der Waals surface area contributed by atoms with E-state index in [2.05, 4.69) is 10.3 Å². The molecule has 2 fully saturated rings. The smallest absolute Gasteiger partial charge is 0.318 e. The summed E-state index contributed by atoms with van der Waals surface area (Å²) in [7, 11) is 1.72. The second-order valence-corrected chi connectivity index (χ2v) is 5.98. The molecule has 0 bridgehead atoms. The van der Waals surface area contributed by atoms with Crippen LogP contribution in [0.25, 0.3) is 0 Å². The predicted molar refractivity (Wildman–Crippen MR) is 81.3 cm³/mol. The van der Waals surface area contributed by atoms with Crippen molar-refractivity contribution in [3.63, 3.8) is 0 Å². The van der Waals surface area contributed by atoms with E-state index in [-0.39, 0.29) is 18.2 Å². The molecule has 2 amide bonds. The molecule has 0 aromatic carbocycles. The lowest BCUT2D eigenvalue weighted by atomic mass is 10.1. The van der Waals surface area contributed by atoms with Crippen LogP contribution in [0.3, 0.4) is 0 Å². The maximum Gasteiger partial charge on any atom is 0.318 e. The summed E-state index contributed by atoms with van der Waals surface area (Å²) in [6.07, 6.45) is 5.58. The standard InChI is InChI=1S/C16H23N3O3/c1-21-11-13-7-14-15(8-13)22-6-5-19(14)16(20)18-10-12-3-2-4-17-9-12/h2-4,9,13-15H,5-8,10-11H2,1H3,(H,18,20)/t13-,14-,15-/m0/s1. The van der Waals surface area contributed by atoms with Crippen molar-refractivity contribution in [3.05, 3.63) is 30.1 Å². The van der Waals surface area contributed by atoms with Gasteiger partial charge in [-0.1, -0.05) is 6.07 Å². The number of hydrogen-bond acceptors (Lipinski definition) is 4. The number of carbonyl (C=O) groups excluding carboxylic acids is 1. The first-order chi connectivity index (χ1) is 10.8. The van der Waals surface area contributed by atoms with Crippen LogP contribution >= 0.6 is 0 Å². The van der Waals surface area contributed by atoms with Crippen LogP contribution in [-0.4, -0.2) is 54.9 Å². The maximum atomic E-state index is 12.5. The Kier molecular flexibility index (Phi) is 4.90. The van der Waals surface area contributed by atoms with E-state index in [1.54, 1.807) is 19.5 Å². The highest BCUT2D eigenvalue weighted by molar-refractivity contribution is 5.74. The molecule has 1 aliphatic heterocycles. The highest BCUT2D eigenvalue weighted by atomic mass is 16.5. The van der Waals surface area contributed by atoms with E-state index in [9.17, 15) is 4.79 Å². The highest BCUT2D eigenvalue weighted by Gasteiger charge is 2.42. The van der Waals surface area contributed by atoms with Crippen LogP contribution in [0.4, 0.5) is 4.79 Å². The van der Waals surface area contributed by atoms with E-state index in [0.29, 0.717) is 25.6 Å². The number of urea groups is 1. The molecule has 3 atom stereocenters. The molecule has 2 heterocycles. The second kappa shape index (κ2) is 7.07. The summed E-state index contributed by atoms with van der Waals surface area (Å²) in [4.78, 5) is 18.5. The summed E-state index contributed by atoms with van der Waals surface area (Å²) < 4.78 is 11.1. The van der Waals surface area contributed by atoms with Crippen LogP contribution in [0.1, 0.15) is 18.4 Å². The van der Waals surface area contributed by atoms with Crippen molar-refractivity contribution < 1.29 is 14.3 Å². The molecule has 6 nitrogen and oxygen atoms in total. The quantitative estimate of drug-likeness (QED) is 0.914. The number of amides is 2. The summed E-state index contributed by atoms with van der Waals surface area (Å²) in [6, 6.07) is 3.99. The summed E-state index contributed by atoms with van der Waals surface area (Å²) in [5.41, 5.74) is 1.00. The molecule has 0 spiro atoms. The minimum absolute atomic E-state index is 0.0137. The average Bonchev–Trinajstić information content (AvgIpc) is 2.96. The Morgan fingerprint density at radius 3 is 3.23 bits per heavy atom. The van der Waals surface area contributed by atoms with E-state index in [1.807, 2.05) is 17.0 Å². The molecule has 22 heavy (non-hydrogen) atoms. The van der Waals surface area contributed by atoms with Gasteiger partial charge in [0.15, 0.2) is 0 Å². The zero-order valence-corrected chi connectivity index (χ0v) is 12.9. The number of hydrogen-bond donors (Lipinski definition) is 1. The van der Waals surface area contributed by atoms with Crippen molar-refractivity contribution in [1.82, 2.24) is 15.2 Å². The fourth-order valence-corrected chi connectivity index (χ4v) is 3.46. The number of nitrogens with zero attached hydrogens (tertiary/aromatic N) is 2. The first-order valence-electron chi connectivity index (χ1n) is 7.82. The van der Waals surface area contributed by atoms with Crippen molar-refractivity contribution >= 4 is 6.03 Å². The number of methoxy groups -OCH3 is 1. The van der Waals surface area contributed by atoms with E-state index >= 15 is 0 Å². The Hall–Kier alpha value is -1.66. The summed E-state index contributed by atoms with van der Waals surface area (Å²) >= 11 is 0. The normalized spacial score (nSPS) is 27.5. The summed E-state index contributed by atoms with van der Waals surface area (Å²) in [5.74, 6) is 0.478. The number of rotatable bonds is 4. The van der Waals surface area contributed by atoms with E-state index < -0.39 is 0 Å². The zero-order valence-electron chi connectivity index (χ0n) is 12.9. The number of pyridine rings is 1. The molecule has 1 aromatic heterocycles. The first kappa shape index (κ1) is 15.2. The van der Waals surface area contributed by atoms with Crippen LogP contribution in [-0.2, 0) is 16.0 Å². The third kappa shape index (κ3) is 3.39. The third-order valence-electron chi connectivity index (χ3n) is 4.46. The number of nitrogens with one attached hydrogen (secondary N) is 1. The Morgan fingerprint density at radius 2 is 2.45 bits per heavy atom. The van der Waals surface area contributed by atoms with E-state index in [4.69, 9.17) is 9.47 Å². The average molecular weight is 305 g/mol. The number of ether oxygens (including phenoxy) is 2. The van der Waals surface area contributed by atoms with Crippen LogP contribution in [0.2, 0.25) is 0 Å². The Morgan fingerprint density at radius 1 is 1.55 bits per heavy atom. The predicted octanol–water partition coefficient (Wildman–Crippen LogP) is 1.42. The lowest BCUT2D eigenvalue weighted by Gasteiger charge is -2.37. The van der Waals surface area contributed by atoms with Crippen LogP contribution in [0.5, 0.6) is 0 Å². The molecule has 1 aliphatic carbocycles. The molecular formula is C16H23N3O3. The minimum atomic E-state index is -0.0137. The molecule has 3 rings (SSSR count). The van der Waals surface area contributed by atoms with Crippen molar-refractivity contribution in [2.24, 2.45) is 5.92 Å². The number of carbonyl (C=O) groups is 1. The molecule has 1 N–H and O–H groups in total. The van der Waals surface area contributed by atoms with E-state index in [1.165, 1.54) is 0 Å². The molecule has 120 valence electrons. The van der Waals surface area contributed by atoms with Gasteiger partial charge in [0.25, 0.3) is 0 Å². The Bertz CT molecular complexity index is 497. The molecule has 1 aromatic rings. The van der Waals surface area contributed by atoms with Crippen molar-refractivity contribution in [1.29, 1.82) is 0 Å². The van der Waals surface area contributed by atoms with Gasteiger partial charge >= 0.3 is 6.03 Å². The summed E-state index contributed by atoms with van der Waals surface area (Å²) in [6.45, 7) is 2.51. The zero-order chi connectivity index (χ0) is 15.4. The van der Waals surface area contributed by atoms with Gasteiger partial charge in [-0.2, -0.15) is 0 Å². The van der Waals surface area contributed by atoms with Crippen LogP contribution in [0.15, 0.2) is 24.5 Å². The SMILES string of the molecule is COC[C@@H]1C[C@@H]2OCCN(C(=O)NCc3cccnc3)[C@H]2C1. The maximum absolute atomic E-state index is 12.5. The van der Waals surface area contributed by atoms with Crippen molar-refractivity contribution in [3.8, 4) is 0 Å². The molecule has 2 aliphatic rings. The largest absolute Gasteiger partial charge is 0.384 e. The van der Waals surface area contributed by atoms with Gasteiger partial charge in [-0.3, -0.25) is 4.98 Å². The molecule has 6 heteroatoms. The topological polar surface area (TPSA) is 63.7 Å². The van der Waals surface area contributed by atoms with Gasteiger partial charge in [0.2, 0.25) is 0 Å². The van der Waals surface area contributed by atoms with Gasteiger partial charge in [-0.15, -0.1) is 0 Å². The fourth-order valence-electron chi connectivity index (χ4n) is 3.46. The summed E-state index contributed by atoms with van der Waals surface area (Å²) in [5, 5.41) is 2.99. The van der Waals surface area contributed by atoms with Crippen LogP contribution in [0, 0.1) is 5.92 Å². The van der Waals surface area contributed by atoms with E-state index in [0.717, 1.165) is 25.0 Å². The second-order valence-electron chi connectivity index (χ2n) is 5.98. The molecule has 1 saturated heterocycles. The minimum Gasteiger partial charge on any atom is -0.384 e. The monoisotopic (exact) mass is 305 g/mol.